The first-order valence-corrected chi connectivity index (χ1v) is 22.4. The van der Waals surface area contributed by atoms with Crippen LogP contribution in [0.5, 0.6) is 0 Å². The van der Waals surface area contributed by atoms with Gasteiger partial charge in [-0.1, -0.05) is 24.3 Å². The molecule has 2 saturated heterocycles. The van der Waals surface area contributed by atoms with Gasteiger partial charge in [0.05, 0.1) is 33.9 Å². The fraction of sp³-hybridized carbons (Fsp3) is 0.300. The molecule has 9 atom stereocenters. The number of imidazole rings is 1. The molecule has 342 valence electrons. The van der Waals surface area contributed by atoms with E-state index >= 15 is 0 Å². The molecule has 0 bridgehead atoms. The maximum absolute atomic E-state index is 12.4. The standard InChI is InChI=1S/C21H19N3.C19H24IN8O12P/c1-2-24-20-13-16(23)9-11-18(20)17-10-8-15(22)12-19(17)21(24)14-6-4-3-5-7-14;20-5-1-27(19(34)24-13(5)21)16-11(31)9(29)6(39-16)2-37-41(35,36)38-3-7-10(30)12(32)17(40-7)28-4-23-8-14(28)25-18(22)26-15(8)33/h3-13,23H,2,22H2,1H3;1,4,6-7,9-12,16-17,29-32H,2-3H2,(H,35,36)(H2,21,24,34)(H3,22,25,26,33)/t;6-,7-,9-,10-,11-,12-,16-,17-/m.1/s1. The highest BCUT2D eigenvalue weighted by Gasteiger charge is 2.46. The predicted octanol–water partition coefficient (Wildman–Crippen LogP) is 0.0173. The van der Waals surface area contributed by atoms with Crippen molar-refractivity contribution in [3.63, 3.8) is 0 Å². The molecule has 0 aliphatic carbocycles. The van der Waals surface area contributed by atoms with Crippen LogP contribution in [0.4, 0.5) is 23.1 Å². The summed E-state index contributed by atoms with van der Waals surface area (Å²) in [6.07, 6.45) is -9.70. The van der Waals surface area contributed by atoms with Crippen LogP contribution in [0.15, 0.2) is 88.8 Å². The normalized spacial score (nSPS) is 24.0. The molecule has 25 heteroatoms. The minimum absolute atomic E-state index is 0.0469. The van der Waals surface area contributed by atoms with Crippen molar-refractivity contribution in [1.82, 2.24) is 29.1 Å². The number of hydrogen-bond donors (Lipinski definition) is 9. The number of halogens is 1. The molecule has 0 saturated carbocycles. The number of nitrogens with one attached hydrogen (secondary N) is 1. The number of nitrogens with zero attached hydrogens (tertiary/aromatic N) is 6. The number of aromatic nitrogens is 7. The molecular weight excluding hydrogens is 984 g/mol. The van der Waals surface area contributed by atoms with Crippen LogP contribution in [-0.4, -0.2) is 99.3 Å². The highest BCUT2D eigenvalue weighted by molar-refractivity contribution is 14.1. The fourth-order valence-electron chi connectivity index (χ4n) is 7.82. The number of rotatable bonds is 10. The third-order valence-electron chi connectivity index (χ3n) is 10.9. The van der Waals surface area contributed by atoms with Crippen molar-refractivity contribution in [3.8, 4) is 11.3 Å². The monoisotopic (exact) mass is 1030 g/mol. The number of hydrogen-bond acceptors (Lipinski definition) is 19. The largest absolute Gasteiger partial charge is 0.756 e. The molecule has 2 aliphatic rings. The molecule has 4 aromatic heterocycles. The Balaban J connectivity index is 0.000000203. The Labute approximate surface area is 380 Å². The number of nitrogen functional groups attached to an aromatic ring is 4. The number of H-pyrrole nitrogens is 1. The van der Waals surface area contributed by atoms with Crippen molar-refractivity contribution in [2.75, 3.05) is 36.1 Å². The molecule has 9 rings (SSSR count). The maximum Gasteiger partial charge on any atom is 0.351 e. The number of anilines is 4. The van der Waals surface area contributed by atoms with Crippen LogP contribution in [0, 0.1) is 3.57 Å². The third-order valence-corrected chi connectivity index (χ3v) is 12.7. The average Bonchev–Trinajstić information content (AvgIpc) is 3.92. The molecule has 2 aliphatic heterocycles. The van der Waals surface area contributed by atoms with Gasteiger partial charge in [0.2, 0.25) is 17.2 Å². The Bertz CT molecular complexity index is 3090. The second-order valence-corrected chi connectivity index (χ2v) is 17.7. The van der Waals surface area contributed by atoms with Gasteiger partial charge in [0.1, 0.15) is 49.0 Å². The first-order chi connectivity index (χ1) is 31.0. The summed E-state index contributed by atoms with van der Waals surface area (Å²) in [7, 11) is -5.13. The average molecular weight is 1030 g/mol. The number of aryl methyl sites for hydroxylation is 1. The van der Waals surface area contributed by atoms with Crippen LogP contribution in [-0.2, 0) is 29.6 Å². The first-order valence-electron chi connectivity index (χ1n) is 19.9. The van der Waals surface area contributed by atoms with Gasteiger partial charge >= 0.3 is 5.69 Å². The number of fused-ring (bicyclic) bond motifs is 4. The number of phosphoric ester groups is 1. The maximum atomic E-state index is 12.4. The zero-order valence-corrected chi connectivity index (χ0v) is 37.2. The van der Waals surface area contributed by atoms with Gasteiger partial charge in [-0.3, -0.25) is 23.5 Å². The first kappa shape index (κ1) is 45.9. The molecule has 65 heavy (non-hydrogen) atoms. The molecule has 23 nitrogen and oxygen atoms in total. The van der Waals surface area contributed by atoms with E-state index in [0.29, 0.717) is 3.57 Å². The Kier molecular flexibility index (Phi) is 12.9. The smallest absolute Gasteiger partial charge is 0.351 e. The lowest BCUT2D eigenvalue weighted by Crippen LogP contribution is -2.36. The van der Waals surface area contributed by atoms with Crippen molar-refractivity contribution >= 4 is 86.4 Å². The topological polar surface area (TPSA) is 364 Å². The summed E-state index contributed by atoms with van der Waals surface area (Å²) in [5.74, 6) is -0.279. The van der Waals surface area contributed by atoms with Gasteiger partial charge in [-0.05, 0) is 65.9 Å². The van der Waals surface area contributed by atoms with Crippen molar-refractivity contribution in [3.05, 3.63) is 104 Å². The number of ether oxygens (including phenoxy) is 2. The van der Waals surface area contributed by atoms with Gasteiger partial charge in [0.15, 0.2) is 23.6 Å². The molecule has 0 radical (unpaired) electrons. The highest BCUT2D eigenvalue weighted by Crippen LogP contribution is 2.42. The number of nitrogens with two attached hydrogens (primary N) is 4. The number of aliphatic hydroxyl groups is 4. The van der Waals surface area contributed by atoms with E-state index in [4.69, 9.17) is 41.5 Å². The summed E-state index contributed by atoms with van der Waals surface area (Å²) in [5.41, 5.74) is 26.7. The lowest BCUT2D eigenvalue weighted by atomic mass is 9.98. The van der Waals surface area contributed by atoms with E-state index in [2.05, 4.69) is 80.0 Å². The zero-order valence-electron chi connectivity index (χ0n) is 34.1. The van der Waals surface area contributed by atoms with Gasteiger partial charge in [0, 0.05) is 34.6 Å². The van der Waals surface area contributed by atoms with E-state index in [1.807, 2.05) is 18.2 Å². The van der Waals surface area contributed by atoms with E-state index in [-0.39, 0.29) is 22.9 Å². The van der Waals surface area contributed by atoms with Crippen molar-refractivity contribution in [1.29, 1.82) is 0 Å². The quantitative estimate of drug-likeness (QED) is 0.0287. The number of pyridine rings is 1. The molecule has 13 N–H and O–H groups in total. The lowest BCUT2D eigenvalue weighted by Gasteiger charge is -2.26. The van der Waals surface area contributed by atoms with E-state index in [0.717, 1.165) is 38.9 Å². The fourth-order valence-corrected chi connectivity index (χ4v) is 8.98. The minimum Gasteiger partial charge on any atom is -0.756 e. The Morgan fingerprint density at radius 2 is 1.43 bits per heavy atom. The molecule has 3 aromatic carbocycles. The SMILES string of the molecule is CC[n+]1c(-c2ccccc2)c2cc(N)ccc2c2ccc(N)cc21.Nc1nc2c(ncn2[C@@H]2O[C@H](COP(=O)([O-])OC[C@H]3O[C@@H](n4cc(I)c(N)nc4=O)[C@H](O)[C@@H]3O)[C@@H](O)[C@H]2O)c(=O)[nH]1. The van der Waals surface area contributed by atoms with E-state index in [1.54, 1.807) is 22.6 Å². The molecule has 0 spiro atoms. The van der Waals surface area contributed by atoms with Crippen molar-refractivity contribution in [2.45, 2.75) is 62.5 Å². The molecule has 6 heterocycles. The second-order valence-electron chi connectivity index (χ2n) is 15.1. The van der Waals surface area contributed by atoms with E-state index < -0.39 is 81.4 Å². The number of aliphatic hydroxyl groups excluding tert-OH is 4. The van der Waals surface area contributed by atoms with E-state index in [9.17, 15) is 39.5 Å². The molecule has 0 amide bonds. The molecule has 1 unspecified atom stereocenters. The van der Waals surface area contributed by atoms with Gasteiger partial charge in [-0.25, -0.2) is 9.78 Å². The van der Waals surface area contributed by atoms with Gasteiger partial charge in [0.25, 0.3) is 13.4 Å². The number of benzene rings is 3. The van der Waals surface area contributed by atoms with Crippen LogP contribution in [0.2, 0.25) is 0 Å². The predicted molar refractivity (Wildman–Crippen MR) is 241 cm³/mol. The highest BCUT2D eigenvalue weighted by atomic mass is 127. The Hall–Kier alpha value is -5.64. The van der Waals surface area contributed by atoms with Gasteiger partial charge in [-0.2, -0.15) is 14.5 Å². The summed E-state index contributed by atoms with van der Waals surface area (Å²) < 4.78 is 37.7. The zero-order chi connectivity index (χ0) is 46.5. The van der Waals surface area contributed by atoms with E-state index in [1.165, 1.54) is 33.6 Å². The summed E-state index contributed by atoms with van der Waals surface area (Å²) >= 11 is 1.80. The second kappa shape index (κ2) is 18.3. The number of phosphoric acid groups is 1. The summed E-state index contributed by atoms with van der Waals surface area (Å²) in [6.45, 7) is 1.40. The van der Waals surface area contributed by atoms with Crippen LogP contribution in [0.1, 0.15) is 19.4 Å². The number of aromatic amines is 1. The summed E-state index contributed by atoms with van der Waals surface area (Å²) in [5, 5.41) is 45.1. The van der Waals surface area contributed by atoms with Crippen LogP contribution in [0.25, 0.3) is 44.1 Å². The summed E-state index contributed by atoms with van der Waals surface area (Å²) in [6, 6.07) is 22.7. The van der Waals surface area contributed by atoms with Crippen LogP contribution < -0.4 is 43.6 Å². The Morgan fingerprint density at radius 1 is 0.831 bits per heavy atom. The molecule has 2 fully saturated rings. The van der Waals surface area contributed by atoms with Crippen LogP contribution in [0.3, 0.4) is 0 Å². The summed E-state index contributed by atoms with van der Waals surface area (Å²) in [4.78, 5) is 50.3. The van der Waals surface area contributed by atoms with Crippen LogP contribution >= 0.6 is 30.4 Å². The lowest BCUT2D eigenvalue weighted by molar-refractivity contribution is -0.655. The van der Waals surface area contributed by atoms with Crippen molar-refractivity contribution in [2.24, 2.45) is 0 Å². The minimum atomic E-state index is -5.13. The Morgan fingerprint density at radius 3 is 2.06 bits per heavy atom. The van der Waals surface area contributed by atoms with Crippen molar-refractivity contribution < 1.29 is 53.0 Å². The molecular formula is C40H43IN11O12P. The molecule has 7 aromatic rings. The van der Waals surface area contributed by atoms with Gasteiger partial charge < -0.3 is 66.8 Å². The third kappa shape index (κ3) is 9.02. The van der Waals surface area contributed by atoms with Gasteiger partial charge in [-0.15, -0.1) is 0 Å².